The first kappa shape index (κ1) is 19.7. The van der Waals surface area contributed by atoms with Gasteiger partial charge in [0.05, 0.1) is 0 Å². The molecule has 0 unspecified atom stereocenters. The third-order valence-electron chi connectivity index (χ3n) is 5.07. The van der Waals surface area contributed by atoms with Crippen LogP contribution in [0.2, 0.25) is 5.02 Å². The molecule has 4 nitrogen and oxygen atoms in total. The standard InChI is InChI=1S/C22H27ClN2O2/c1-25-12-9-17(10-13-25)8-11-24-22(26)19-5-3-7-21(15-19)27-16-18-4-2-6-20(23)14-18/h2-7,14-15,17H,8-13,16H2,1H3,(H,24,26). The van der Waals surface area contributed by atoms with Crippen LogP contribution in [0.1, 0.15) is 35.2 Å². The third-order valence-corrected chi connectivity index (χ3v) is 5.30. The molecule has 1 saturated heterocycles. The van der Waals surface area contributed by atoms with Gasteiger partial charge in [-0.1, -0.05) is 29.8 Å². The number of hydrogen-bond acceptors (Lipinski definition) is 3. The Kier molecular flexibility index (Phi) is 7.13. The minimum atomic E-state index is -0.0452. The Hall–Kier alpha value is -2.04. The maximum absolute atomic E-state index is 12.4. The molecular weight excluding hydrogens is 360 g/mol. The summed E-state index contributed by atoms with van der Waals surface area (Å²) in [5.41, 5.74) is 1.62. The molecule has 0 aliphatic carbocycles. The van der Waals surface area contributed by atoms with Crippen LogP contribution in [0, 0.1) is 5.92 Å². The highest BCUT2D eigenvalue weighted by molar-refractivity contribution is 6.30. The summed E-state index contributed by atoms with van der Waals surface area (Å²) < 4.78 is 5.80. The van der Waals surface area contributed by atoms with Crippen molar-refractivity contribution in [3.8, 4) is 5.75 Å². The molecule has 1 fully saturated rings. The summed E-state index contributed by atoms with van der Waals surface area (Å²) in [7, 11) is 2.17. The minimum absolute atomic E-state index is 0.0452. The van der Waals surface area contributed by atoms with Crippen LogP contribution in [0.15, 0.2) is 48.5 Å². The quantitative estimate of drug-likeness (QED) is 0.767. The molecule has 3 rings (SSSR count). The van der Waals surface area contributed by atoms with Crippen LogP contribution < -0.4 is 10.1 Å². The van der Waals surface area contributed by atoms with E-state index >= 15 is 0 Å². The predicted molar refractivity (Wildman–Crippen MR) is 109 cm³/mol. The van der Waals surface area contributed by atoms with Gasteiger partial charge in [-0.15, -0.1) is 0 Å². The van der Waals surface area contributed by atoms with Gasteiger partial charge < -0.3 is 15.0 Å². The van der Waals surface area contributed by atoms with E-state index < -0.39 is 0 Å². The zero-order chi connectivity index (χ0) is 19.1. The molecule has 2 aromatic rings. The summed E-state index contributed by atoms with van der Waals surface area (Å²) in [6, 6.07) is 14.9. The van der Waals surface area contributed by atoms with Gasteiger partial charge in [-0.3, -0.25) is 4.79 Å². The first-order valence-corrected chi connectivity index (χ1v) is 9.92. The van der Waals surface area contributed by atoms with Gasteiger partial charge in [0.15, 0.2) is 0 Å². The summed E-state index contributed by atoms with van der Waals surface area (Å²) in [6.45, 7) is 3.46. The van der Waals surface area contributed by atoms with Crippen molar-refractivity contribution in [1.82, 2.24) is 10.2 Å². The highest BCUT2D eigenvalue weighted by Gasteiger charge is 2.16. The van der Waals surface area contributed by atoms with Crippen molar-refractivity contribution in [3.05, 3.63) is 64.7 Å². The molecule has 1 amide bonds. The number of carbonyl (C=O) groups excluding carboxylic acids is 1. The second kappa shape index (κ2) is 9.77. The van der Waals surface area contributed by atoms with Crippen LogP contribution in [0.4, 0.5) is 0 Å². The Balaban J connectivity index is 1.46. The second-order valence-electron chi connectivity index (χ2n) is 7.24. The highest BCUT2D eigenvalue weighted by atomic mass is 35.5. The van der Waals surface area contributed by atoms with Gasteiger partial charge in [0.2, 0.25) is 0 Å². The molecule has 1 aliphatic rings. The molecule has 0 atom stereocenters. The molecule has 0 saturated carbocycles. The van der Waals surface area contributed by atoms with Crippen LogP contribution in [-0.4, -0.2) is 37.5 Å². The van der Waals surface area contributed by atoms with Gasteiger partial charge in [-0.25, -0.2) is 0 Å². The van der Waals surface area contributed by atoms with E-state index in [0.717, 1.165) is 31.6 Å². The number of hydrogen-bond donors (Lipinski definition) is 1. The topological polar surface area (TPSA) is 41.6 Å². The predicted octanol–water partition coefficient (Wildman–Crippen LogP) is 4.38. The van der Waals surface area contributed by atoms with Crippen molar-refractivity contribution >= 4 is 17.5 Å². The molecule has 0 spiro atoms. The van der Waals surface area contributed by atoms with Gasteiger partial charge in [-0.2, -0.15) is 0 Å². The number of carbonyl (C=O) groups is 1. The third kappa shape index (κ3) is 6.26. The van der Waals surface area contributed by atoms with Crippen molar-refractivity contribution in [1.29, 1.82) is 0 Å². The first-order chi connectivity index (χ1) is 13.1. The van der Waals surface area contributed by atoms with Crippen molar-refractivity contribution in [2.75, 3.05) is 26.7 Å². The Labute approximate surface area is 166 Å². The zero-order valence-corrected chi connectivity index (χ0v) is 16.5. The fourth-order valence-corrected chi connectivity index (χ4v) is 3.58. The number of halogens is 1. The summed E-state index contributed by atoms with van der Waals surface area (Å²) in [5.74, 6) is 1.35. The van der Waals surface area contributed by atoms with Crippen molar-refractivity contribution in [2.45, 2.75) is 25.9 Å². The van der Waals surface area contributed by atoms with Crippen molar-refractivity contribution in [3.63, 3.8) is 0 Å². The SMILES string of the molecule is CN1CCC(CCNC(=O)c2cccc(OCc3cccc(Cl)c3)c2)CC1. The average Bonchev–Trinajstić information content (AvgIpc) is 2.68. The van der Waals surface area contributed by atoms with E-state index in [1.165, 1.54) is 12.8 Å². The molecule has 0 radical (unpaired) electrons. The molecule has 1 heterocycles. The van der Waals surface area contributed by atoms with Gasteiger partial charge in [0.25, 0.3) is 5.91 Å². The molecule has 2 aromatic carbocycles. The lowest BCUT2D eigenvalue weighted by Gasteiger charge is -2.28. The number of benzene rings is 2. The highest BCUT2D eigenvalue weighted by Crippen LogP contribution is 2.19. The van der Waals surface area contributed by atoms with E-state index in [0.29, 0.717) is 28.9 Å². The monoisotopic (exact) mass is 386 g/mol. The summed E-state index contributed by atoms with van der Waals surface area (Å²) in [5, 5.41) is 3.73. The molecular formula is C22H27ClN2O2. The van der Waals surface area contributed by atoms with Gasteiger partial charge >= 0.3 is 0 Å². The number of amides is 1. The van der Waals surface area contributed by atoms with Crippen LogP contribution >= 0.6 is 11.6 Å². The molecule has 0 bridgehead atoms. The van der Waals surface area contributed by atoms with E-state index in [-0.39, 0.29) is 5.91 Å². The number of piperidine rings is 1. The number of likely N-dealkylation sites (tertiary alicyclic amines) is 1. The van der Waals surface area contributed by atoms with Gasteiger partial charge in [0.1, 0.15) is 12.4 Å². The van der Waals surface area contributed by atoms with Crippen LogP contribution in [0.5, 0.6) is 5.75 Å². The maximum Gasteiger partial charge on any atom is 0.251 e. The van der Waals surface area contributed by atoms with Crippen LogP contribution in [0.3, 0.4) is 0 Å². The Bertz CT molecular complexity index is 757. The van der Waals surface area contributed by atoms with E-state index in [1.807, 2.05) is 42.5 Å². The van der Waals surface area contributed by atoms with E-state index in [9.17, 15) is 4.79 Å². The number of nitrogens with zero attached hydrogens (tertiary/aromatic N) is 1. The molecule has 0 aromatic heterocycles. The zero-order valence-electron chi connectivity index (χ0n) is 15.8. The molecule has 1 aliphatic heterocycles. The van der Waals surface area contributed by atoms with E-state index in [1.54, 1.807) is 6.07 Å². The second-order valence-corrected chi connectivity index (χ2v) is 7.67. The summed E-state index contributed by atoms with van der Waals surface area (Å²) in [6.07, 6.45) is 3.49. The molecule has 5 heteroatoms. The van der Waals surface area contributed by atoms with E-state index in [2.05, 4.69) is 17.3 Å². The number of nitrogens with one attached hydrogen (secondary N) is 1. The smallest absolute Gasteiger partial charge is 0.251 e. The van der Waals surface area contributed by atoms with Crippen LogP contribution in [-0.2, 0) is 6.61 Å². The van der Waals surface area contributed by atoms with Crippen LogP contribution in [0.25, 0.3) is 0 Å². The lowest BCUT2D eigenvalue weighted by atomic mass is 9.94. The molecule has 27 heavy (non-hydrogen) atoms. The average molecular weight is 387 g/mol. The fraction of sp³-hybridized carbons (Fsp3) is 0.409. The van der Waals surface area contributed by atoms with Crippen molar-refractivity contribution < 1.29 is 9.53 Å². The largest absolute Gasteiger partial charge is 0.489 e. The normalized spacial score (nSPS) is 15.5. The summed E-state index contributed by atoms with van der Waals surface area (Å²) >= 11 is 5.99. The van der Waals surface area contributed by atoms with Crippen molar-refractivity contribution in [2.24, 2.45) is 5.92 Å². The molecule has 144 valence electrons. The number of ether oxygens (including phenoxy) is 1. The number of rotatable bonds is 7. The Morgan fingerprint density at radius 2 is 1.96 bits per heavy atom. The summed E-state index contributed by atoms with van der Waals surface area (Å²) in [4.78, 5) is 14.8. The maximum atomic E-state index is 12.4. The van der Waals surface area contributed by atoms with Gasteiger partial charge in [-0.05, 0) is 81.2 Å². The van der Waals surface area contributed by atoms with E-state index in [4.69, 9.17) is 16.3 Å². The minimum Gasteiger partial charge on any atom is -0.489 e. The fourth-order valence-electron chi connectivity index (χ4n) is 3.36. The first-order valence-electron chi connectivity index (χ1n) is 9.54. The lowest BCUT2D eigenvalue weighted by Crippen LogP contribution is -2.32. The molecule has 1 N–H and O–H groups in total. The Morgan fingerprint density at radius 1 is 1.19 bits per heavy atom. The lowest BCUT2D eigenvalue weighted by molar-refractivity contribution is 0.0948. The van der Waals surface area contributed by atoms with Gasteiger partial charge in [0, 0.05) is 17.1 Å². The Morgan fingerprint density at radius 3 is 2.74 bits per heavy atom.